The van der Waals surface area contributed by atoms with E-state index < -0.39 is 5.97 Å². The summed E-state index contributed by atoms with van der Waals surface area (Å²) in [7, 11) is 0. The molecule has 2 unspecified atom stereocenters. The number of nitrogens with one attached hydrogen (secondary N) is 2. The molecule has 1 aromatic carbocycles. The summed E-state index contributed by atoms with van der Waals surface area (Å²) >= 11 is 1.42. The summed E-state index contributed by atoms with van der Waals surface area (Å²) in [6, 6.07) is 5.44. The molecule has 3 aliphatic rings. The average Bonchev–Trinajstić information content (AvgIpc) is 3.41. The number of anilines is 1. The summed E-state index contributed by atoms with van der Waals surface area (Å²) < 4.78 is 22.3. The third-order valence-corrected chi connectivity index (χ3v) is 7.12. The smallest absolute Gasteiger partial charge is 0.338 e. The molecular weight excluding hydrogens is 448 g/mol. The number of carbonyl (C=O) groups excluding carboxylic acids is 1. The Morgan fingerprint density at radius 2 is 2.03 bits per heavy atom. The largest absolute Gasteiger partial charge is 0.478 e. The van der Waals surface area contributed by atoms with Crippen molar-refractivity contribution in [2.75, 3.05) is 25.3 Å². The summed E-state index contributed by atoms with van der Waals surface area (Å²) in [6.45, 7) is 1.52. The van der Waals surface area contributed by atoms with E-state index in [1.807, 2.05) is 6.07 Å². The number of carboxylic acid groups (broad SMARTS) is 1. The molecule has 1 fully saturated rings. The van der Waals surface area contributed by atoms with Crippen LogP contribution in [-0.2, 0) is 33.7 Å². The van der Waals surface area contributed by atoms with Gasteiger partial charge in [0.1, 0.15) is 11.2 Å². The lowest BCUT2D eigenvalue weighted by Gasteiger charge is -2.24. The van der Waals surface area contributed by atoms with Crippen LogP contribution in [0.4, 0.5) is 5.00 Å². The first-order valence-corrected chi connectivity index (χ1v) is 11.9. The first-order valence-electron chi connectivity index (χ1n) is 11.1. The van der Waals surface area contributed by atoms with Crippen LogP contribution < -0.4 is 20.1 Å². The molecule has 33 heavy (non-hydrogen) atoms. The Morgan fingerprint density at radius 1 is 1.15 bits per heavy atom. The predicted molar refractivity (Wildman–Crippen MR) is 120 cm³/mol. The minimum atomic E-state index is -0.960. The zero-order chi connectivity index (χ0) is 22.8. The van der Waals surface area contributed by atoms with Crippen LogP contribution in [0.1, 0.15) is 45.6 Å². The number of hydrogen-bond acceptors (Lipinski definition) is 8. The normalized spacial score (nSPS) is 21.3. The number of rotatable bonds is 7. The lowest BCUT2D eigenvalue weighted by atomic mass is 10.0. The van der Waals surface area contributed by atoms with Gasteiger partial charge >= 0.3 is 5.97 Å². The number of carboxylic acids is 1. The maximum Gasteiger partial charge on any atom is 0.338 e. The van der Waals surface area contributed by atoms with Crippen molar-refractivity contribution >= 4 is 28.2 Å². The van der Waals surface area contributed by atoms with Crippen LogP contribution in [-0.4, -0.2) is 49.3 Å². The van der Waals surface area contributed by atoms with Gasteiger partial charge < -0.3 is 34.7 Å². The van der Waals surface area contributed by atoms with Gasteiger partial charge in [0.2, 0.25) is 12.7 Å². The Labute approximate surface area is 195 Å². The zero-order valence-corrected chi connectivity index (χ0v) is 18.9. The molecule has 0 spiro atoms. The van der Waals surface area contributed by atoms with Crippen molar-refractivity contribution < 1.29 is 33.6 Å². The van der Waals surface area contributed by atoms with Gasteiger partial charge in [0, 0.05) is 24.4 Å². The summed E-state index contributed by atoms with van der Waals surface area (Å²) in [5.74, 6) is 0.228. The second kappa shape index (κ2) is 9.58. The number of aromatic carboxylic acids is 1. The number of thiophene rings is 1. The molecule has 0 bridgehead atoms. The van der Waals surface area contributed by atoms with Crippen molar-refractivity contribution in [1.82, 2.24) is 5.32 Å². The van der Waals surface area contributed by atoms with Crippen molar-refractivity contribution in [3.63, 3.8) is 0 Å². The topological polar surface area (TPSA) is 115 Å². The van der Waals surface area contributed by atoms with E-state index in [1.54, 1.807) is 12.1 Å². The molecule has 176 valence electrons. The van der Waals surface area contributed by atoms with Gasteiger partial charge in [-0.15, -0.1) is 11.3 Å². The molecule has 1 aromatic heterocycles. The van der Waals surface area contributed by atoms with Crippen molar-refractivity contribution in [2.45, 2.75) is 51.0 Å². The van der Waals surface area contributed by atoms with Crippen molar-refractivity contribution in [3.05, 3.63) is 39.8 Å². The summed E-state index contributed by atoms with van der Waals surface area (Å²) in [6.07, 6.45) is 3.14. The molecular formula is C23H26N2O7S. The van der Waals surface area contributed by atoms with Crippen molar-refractivity contribution in [2.24, 2.45) is 0 Å². The van der Waals surface area contributed by atoms with Gasteiger partial charge in [0.15, 0.2) is 11.5 Å². The summed E-state index contributed by atoms with van der Waals surface area (Å²) in [5.41, 5.74) is 1.91. The molecule has 0 saturated carbocycles. The van der Waals surface area contributed by atoms with E-state index in [-0.39, 0.29) is 31.5 Å². The lowest BCUT2D eigenvalue weighted by molar-refractivity contribution is -0.121. The molecule has 2 atom stereocenters. The van der Waals surface area contributed by atoms with Gasteiger partial charge in [-0.2, -0.15) is 0 Å². The van der Waals surface area contributed by atoms with Gasteiger partial charge in [0.05, 0.1) is 24.7 Å². The molecule has 1 amide bonds. The van der Waals surface area contributed by atoms with E-state index in [9.17, 15) is 14.7 Å². The van der Waals surface area contributed by atoms with Crippen molar-refractivity contribution in [3.8, 4) is 11.5 Å². The van der Waals surface area contributed by atoms with E-state index >= 15 is 0 Å². The van der Waals surface area contributed by atoms with Gasteiger partial charge in [-0.25, -0.2) is 4.79 Å². The van der Waals surface area contributed by atoms with E-state index in [0.717, 1.165) is 35.3 Å². The second-order valence-corrected chi connectivity index (χ2v) is 9.42. The Hall–Kier alpha value is -2.82. The van der Waals surface area contributed by atoms with Crippen LogP contribution in [0.15, 0.2) is 18.2 Å². The number of amides is 1. The average molecular weight is 475 g/mol. The van der Waals surface area contributed by atoms with Crippen LogP contribution in [0.5, 0.6) is 11.5 Å². The highest BCUT2D eigenvalue weighted by atomic mass is 32.1. The first-order chi connectivity index (χ1) is 16.1. The number of benzene rings is 1. The van der Waals surface area contributed by atoms with Gasteiger partial charge in [0.25, 0.3) is 0 Å². The highest BCUT2D eigenvalue weighted by Crippen LogP contribution is 2.39. The quantitative estimate of drug-likeness (QED) is 0.561. The van der Waals surface area contributed by atoms with Crippen LogP contribution >= 0.6 is 11.3 Å². The van der Waals surface area contributed by atoms with E-state index in [4.69, 9.17) is 18.9 Å². The molecule has 5 rings (SSSR count). The van der Waals surface area contributed by atoms with E-state index in [1.165, 1.54) is 11.3 Å². The Balaban J connectivity index is 1.19. The summed E-state index contributed by atoms with van der Waals surface area (Å²) in [5, 5.41) is 16.7. The van der Waals surface area contributed by atoms with Crippen LogP contribution in [0, 0.1) is 0 Å². The van der Waals surface area contributed by atoms with Gasteiger partial charge in [-0.1, -0.05) is 6.07 Å². The fraction of sp³-hybridized carbons (Fsp3) is 0.478. The molecule has 10 heteroatoms. The molecule has 3 aliphatic heterocycles. The van der Waals surface area contributed by atoms with E-state index in [2.05, 4.69) is 10.6 Å². The fourth-order valence-electron chi connectivity index (χ4n) is 4.31. The van der Waals surface area contributed by atoms with Crippen molar-refractivity contribution in [1.29, 1.82) is 0 Å². The number of carbonyl (C=O) groups is 2. The highest BCUT2D eigenvalue weighted by Gasteiger charge is 2.31. The number of hydrogen-bond donors (Lipinski definition) is 3. The maximum atomic E-state index is 12.4. The molecule has 4 heterocycles. The minimum Gasteiger partial charge on any atom is -0.478 e. The summed E-state index contributed by atoms with van der Waals surface area (Å²) in [4.78, 5) is 25.4. The third-order valence-electron chi connectivity index (χ3n) is 5.99. The van der Waals surface area contributed by atoms with Gasteiger partial charge in [-0.05, 0) is 42.5 Å². The molecule has 2 aromatic rings. The van der Waals surface area contributed by atoms with Gasteiger partial charge in [-0.3, -0.25) is 4.79 Å². The first kappa shape index (κ1) is 22.0. The predicted octanol–water partition coefficient (Wildman–Crippen LogP) is 2.91. The lowest BCUT2D eigenvalue weighted by Crippen LogP contribution is -2.37. The number of ether oxygens (including phenoxy) is 4. The van der Waals surface area contributed by atoms with E-state index in [0.29, 0.717) is 48.2 Å². The molecule has 0 radical (unpaired) electrons. The molecule has 0 aliphatic carbocycles. The highest BCUT2D eigenvalue weighted by molar-refractivity contribution is 7.16. The molecule has 3 N–H and O–H groups in total. The Kier molecular flexibility index (Phi) is 6.39. The van der Waals surface area contributed by atoms with Crippen LogP contribution in [0.2, 0.25) is 0 Å². The maximum absolute atomic E-state index is 12.4. The van der Waals surface area contributed by atoms with Crippen LogP contribution in [0.25, 0.3) is 0 Å². The zero-order valence-electron chi connectivity index (χ0n) is 18.1. The fourth-order valence-corrected chi connectivity index (χ4v) is 5.50. The Bertz CT molecular complexity index is 1050. The minimum absolute atomic E-state index is 0.135. The SMILES string of the molecule is O=C(Cc1ccc2c(c1)OCO2)NCC1Cc2c(sc(NC3CCCCO3)c2C(=O)O)CO1. The molecule has 1 saturated heterocycles. The molecule has 9 nitrogen and oxygen atoms in total. The number of fused-ring (bicyclic) bond motifs is 2. The monoisotopic (exact) mass is 474 g/mol. The Morgan fingerprint density at radius 3 is 2.85 bits per heavy atom. The second-order valence-electron chi connectivity index (χ2n) is 8.32. The van der Waals surface area contributed by atoms with Crippen LogP contribution in [0.3, 0.4) is 0 Å². The standard InChI is InChI=1S/C23H26N2O7S/c26-19(8-13-4-5-16-17(7-13)32-12-31-16)24-10-14-9-15-18(11-30-14)33-22(21(15)23(27)28)25-20-3-1-2-6-29-20/h4-5,7,14,20,25H,1-3,6,8-12H2,(H,24,26)(H,27,28). The third kappa shape index (κ3) is 4.92.